The number of nitrogens with zero attached hydrogens (tertiary/aromatic N) is 1. The molecule has 3 amide bonds. The number of carbonyl (C=O) groups excluding carboxylic acids is 3. The van der Waals surface area contributed by atoms with Crippen LogP contribution in [0.25, 0.3) is 16.8 Å². The minimum Gasteiger partial charge on any atom is -0.483 e. The van der Waals surface area contributed by atoms with Crippen molar-refractivity contribution < 1.29 is 23.5 Å². The third-order valence-electron chi connectivity index (χ3n) is 5.63. The number of para-hydroxylation sites is 2. The van der Waals surface area contributed by atoms with E-state index in [4.69, 9.17) is 4.74 Å². The fraction of sp³-hybridized carbons (Fsp3) is 0.0357. The van der Waals surface area contributed by atoms with Crippen LogP contribution in [0.5, 0.6) is 5.75 Å². The minimum atomic E-state index is -0.560. The Morgan fingerprint density at radius 3 is 2.44 bits per heavy atom. The molecule has 0 spiro atoms. The van der Waals surface area contributed by atoms with Crippen LogP contribution in [0.4, 0.5) is 15.8 Å². The second-order valence-electron chi connectivity index (χ2n) is 7.99. The summed E-state index contributed by atoms with van der Waals surface area (Å²) in [5.74, 6) is -1.89. The third kappa shape index (κ3) is 4.52. The van der Waals surface area contributed by atoms with Crippen molar-refractivity contribution in [2.24, 2.45) is 0 Å². The highest BCUT2D eigenvalue weighted by Gasteiger charge is 2.34. The van der Waals surface area contributed by atoms with Crippen LogP contribution in [0.2, 0.25) is 0 Å². The standard InChI is InChI=1S/C28H20FN3O4/c29-23-12-6-7-13-24(23)30-26(33)17-36-25-15-14-18-8-4-5-11-20(18)21(25)16-22-27(34)31-32(28(22)35)19-9-2-1-3-10-19/h1-16H,17H2,(H,30,33)(H,31,34)/b22-16-. The van der Waals surface area contributed by atoms with Crippen LogP contribution in [-0.4, -0.2) is 24.3 Å². The number of rotatable bonds is 6. The van der Waals surface area contributed by atoms with E-state index in [1.54, 1.807) is 36.4 Å². The number of anilines is 2. The summed E-state index contributed by atoms with van der Waals surface area (Å²) in [7, 11) is 0. The fourth-order valence-corrected chi connectivity index (χ4v) is 3.90. The third-order valence-corrected chi connectivity index (χ3v) is 5.63. The minimum absolute atomic E-state index is 0.0428. The second kappa shape index (κ2) is 9.71. The lowest BCUT2D eigenvalue weighted by Gasteiger charge is -2.14. The molecule has 2 N–H and O–H groups in total. The lowest BCUT2D eigenvalue weighted by Crippen LogP contribution is -2.35. The summed E-state index contributed by atoms with van der Waals surface area (Å²) in [6.07, 6.45) is 1.47. The maximum atomic E-state index is 13.9. The zero-order valence-electron chi connectivity index (χ0n) is 18.9. The summed E-state index contributed by atoms with van der Waals surface area (Å²) >= 11 is 0. The number of amides is 3. The molecule has 36 heavy (non-hydrogen) atoms. The summed E-state index contributed by atoms with van der Waals surface area (Å²) < 4.78 is 19.6. The molecule has 0 atom stereocenters. The van der Waals surface area contributed by atoms with Crippen molar-refractivity contribution in [3.05, 3.63) is 108 Å². The van der Waals surface area contributed by atoms with Crippen LogP contribution >= 0.6 is 0 Å². The van der Waals surface area contributed by atoms with Crippen LogP contribution in [-0.2, 0) is 14.4 Å². The Hall–Kier alpha value is -4.98. The number of hydrazine groups is 1. The number of ether oxygens (including phenoxy) is 1. The Kier molecular flexibility index (Phi) is 6.15. The van der Waals surface area contributed by atoms with Crippen LogP contribution in [0, 0.1) is 5.82 Å². The van der Waals surface area contributed by atoms with Gasteiger partial charge >= 0.3 is 0 Å². The zero-order valence-corrected chi connectivity index (χ0v) is 18.9. The summed E-state index contributed by atoms with van der Waals surface area (Å²) in [4.78, 5) is 38.3. The first-order valence-corrected chi connectivity index (χ1v) is 11.1. The molecule has 0 bridgehead atoms. The highest BCUT2D eigenvalue weighted by Crippen LogP contribution is 2.32. The van der Waals surface area contributed by atoms with Gasteiger partial charge in [-0.3, -0.25) is 19.8 Å². The molecular formula is C28H20FN3O4. The van der Waals surface area contributed by atoms with Crippen LogP contribution in [0.3, 0.4) is 0 Å². The first-order chi connectivity index (χ1) is 17.5. The molecular weight excluding hydrogens is 461 g/mol. The van der Waals surface area contributed by atoms with E-state index in [1.165, 1.54) is 29.3 Å². The van der Waals surface area contributed by atoms with Crippen molar-refractivity contribution in [3.63, 3.8) is 0 Å². The number of hydrogen-bond donors (Lipinski definition) is 2. The molecule has 178 valence electrons. The molecule has 4 aromatic rings. The van der Waals surface area contributed by atoms with E-state index in [0.717, 1.165) is 10.8 Å². The molecule has 8 heteroatoms. The molecule has 1 heterocycles. The van der Waals surface area contributed by atoms with Gasteiger partial charge in [-0.05, 0) is 47.2 Å². The van der Waals surface area contributed by atoms with Crippen LogP contribution in [0.15, 0.2) is 96.6 Å². The molecule has 1 aliphatic rings. The number of hydrogen-bond acceptors (Lipinski definition) is 4. The van der Waals surface area contributed by atoms with E-state index in [2.05, 4.69) is 10.7 Å². The Morgan fingerprint density at radius 2 is 1.64 bits per heavy atom. The van der Waals surface area contributed by atoms with Gasteiger partial charge in [0, 0.05) is 5.56 Å². The van der Waals surface area contributed by atoms with Gasteiger partial charge < -0.3 is 10.1 Å². The van der Waals surface area contributed by atoms with E-state index in [-0.39, 0.29) is 11.3 Å². The van der Waals surface area contributed by atoms with Gasteiger partial charge in [0.1, 0.15) is 17.1 Å². The van der Waals surface area contributed by atoms with E-state index in [1.807, 2.05) is 36.4 Å². The normalized spacial score (nSPS) is 14.2. The van der Waals surface area contributed by atoms with Gasteiger partial charge in [0.2, 0.25) is 0 Å². The van der Waals surface area contributed by atoms with E-state index < -0.39 is 30.1 Å². The van der Waals surface area contributed by atoms with Crippen molar-refractivity contribution in [3.8, 4) is 5.75 Å². The summed E-state index contributed by atoms with van der Waals surface area (Å²) in [5.41, 5.74) is 3.54. The number of halogens is 1. The van der Waals surface area contributed by atoms with Gasteiger partial charge in [0.15, 0.2) is 6.61 Å². The number of carbonyl (C=O) groups is 3. The highest BCUT2D eigenvalue weighted by molar-refractivity contribution is 6.32. The second-order valence-corrected chi connectivity index (χ2v) is 7.99. The summed E-state index contributed by atoms with van der Waals surface area (Å²) in [6, 6.07) is 25.5. The molecule has 0 saturated carbocycles. The van der Waals surface area contributed by atoms with Gasteiger partial charge in [-0.1, -0.05) is 60.7 Å². The predicted molar refractivity (Wildman–Crippen MR) is 135 cm³/mol. The number of fused-ring (bicyclic) bond motifs is 1. The maximum absolute atomic E-state index is 13.9. The maximum Gasteiger partial charge on any atom is 0.282 e. The van der Waals surface area contributed by atoms with Gasteiger partial charge in [0.25, 0.3) is 17.7 Å². The smallest absolute Gasteiger partial charge is 0.282 e. The average Bonchev–Trinajstić information content (AvgIpc) is 3.18. The molecule has 5 rings (SSSR count). The molecule has 7 nitrogen and oxygen atoms in total. The van der Waals surface area contributed by atoms with E-state index in [0.29, 0.717) is 17.0 Å². The topological polar surface area (TPSA) is 87.7 Å². The Labute approximate surface area is 205 Å². The molecule has 0 aliphatic carbocycles. The quantitative estimate of drug-likeness (QED) is 0.315. The molecule has 1 saturated heterocycles. The highest BCUT2D eigenvalue weighted by atomic mass is 19.1. The number of benzene rings is 4. The largest absolute Gasteiger partial charge is 0.483 e. The van der Waals surface area contributed by atoms with E-state index >= 15 is 0 Å². The number of nitrogens with one attached hydrogen (secondary N) is 2. The Morgan fingerprint density at radius 1 is 0.917 bits per heavy atom. The van der Waals surface area contributed by atoms with Crippen molar-refractivity contribution in [1.29, 1.82) is 0 Å². The molecule has 0 aromatic heterocycles. The monoisotopic (exact) mass is 481 g/mol. The SMILES string of the molecule is O=C(COc1ccc2ccccc2c1/C=C1/C(=O)NN(c2ccccc2)C1=O)Nc1ccccc1F. The molecule has 0 unspecified atom stereocenters. The zero-order chi connectivity index (χ0) is 25.1. The summed E-state index contributed by atoms with van der Waals surface area (Å²) in [5, 5.41) is 5.24. The Bertz CT molecular complexity index is 1520. The average molecular weight is 481 g/mol. The van der Waals surface area contributed by atoms with Gasteiger partial charge in [-0.2, -0.15) is 0 Å². The van der Waals surface area contributed by atoms with Gasteiger partial charge in [-0.15, -0.1) is 0 Å². The molecule has 1 aliphatic heterocycles. The van der Waals surface area contributed by atoms with Gasteiger partial charge in [-0.25, -0.2) is 9.40 Å². The fourth-order valence-electron chi connectivity index (χ4n) is 3.90. The summed E-state index contributed by atoms with van der Waals surface area (Å²) in [6.45, 7) is -0.404. The van der Waals surface area contributed by atoms with Crippen molar-refractivity contribution in [2.45, 2.75) is 0 Å². The lowest BCUT2D eigenvalue weighted by atomic mass is 10.0. The van der Waals surface area contributed by atoms with Crippen molar-refractivity contribution in [1.82, 2.24) is 5.43 Å². The van der Waals surface area contributed by atoms with Crippen LogP contribution < -0.4 is 20.5 Å². The van der Waals surface area contributed by atoms with Crippen molar-refractivity contribution >= 4 is 45.9 Å². The Balaban J connectivity index is 1.46. The molecule has 4 aromatic carbocycles. The lowest BCUT2D eigenvalue weighted by molar-refractivity contribution is -0.118. The predicted octanol–water partition coefficient (Wildman–Crippen LogP) is 4.46. The first kappa shape index (κ1) is 22.8. The molecule has 0 radical (unpaired) electrons. The molecule has 1 fully saturated rings. The first-order valence-electron chi connectivity index (χ1n) is 11.1. The van der Waals surface area contributed by atoms with Crippen molar-refractivity contribution in [2.75, 3.05) is 16.9 Å². The van der Waals surface area contributed by atoms with E-state index in [9.17, 15) is 18.8 Å². The van der Waals surface area contributed by atoms with Crippen LogP contribution in [0.1, 0.15) is 5.56 Å². The van der Waals surface area contributed by atoms with Gasteiger partial charge in [0.05, 0.1) is 11.4 Å².